The molecule has 0 spiro atoms. The van der Waals surface area contributed by atoms with E-state index in [1.807, 2.05) is 6.92 Å². The molecule has 2 heterocycles. The lowest BCUT2D eigenvalue weighted by molar-refractivity contribution is -0.140. The molecule has 0 bridgehead atoms. The summed E-state index contributed by atoms with van der Waals surface area (Å²) in [7, 11) is 4.19. The topological polar surface area (TPSA) is 55.8 Å². The number of aromatic nitrogens is 1. The number of hydrogen-bond acceptors (Lipinski definition) is 5. The Labute approximate surface area is 173 Å². The van der Waals surface area contributed by atoms with Crippen LogP contribution in [0.25, 0.3) is 0 Å². The van der Waals surface area contributed by atoms with E-state index in [9.17, 15) is 13.2 Å². The second-order valence-corrected chi connectivity index (χ2v) is 7.04. The fourth-order valence-electron chi connectivity index (χ4n) is 2.54. The molecule has 1 unspecified atom stereocenters. The molecule has 1 aliphatic heterocycles. The normalized spacial score (nSPS) is 19.9. The predicted molar refractivity (Wildman–Crippen MR) is 109 cm³/mol. The van der Waals surface area contributed by atoms with Crippen molar-refractivity contribution in [3.8, 4) is 0 Å². The van der Waals surface area contributed by atoms with Gasteiger partial charge in [0.05, 0.1) is 6.54 Å². The van der Waals surface area contributed by atoms with Crippen LogP contribution < -0.4 is 10.6 Å². The Kier molecular flexibility index (Phi) is 9.55. The highest BCUT2D eigenvalue weighted by Gasteiger charge is 2.33. The van der Waals surface area contributed by atoms with Gasteiger partial charge < -0.3 is 15.5 Å². The zero-order valence-electron chi connectivity index (χ0n) is 15.1. The van der Waals surface area contributed by atoms with Crippen LogP contribution in [0.2, 0.25) is 0 Å². The van der Waals surface area contributed by atoms with Gasteiger partial charge in [-0.2, -0.15) is 13.2 Å². The third-order valence-corrected chi connectivity index (χ3v) is 4.88. The van der Waals surface area contributed by atoms with E-state index in [1.54, 1.807) is 0 Å². The number of halogens is 4. The molecular formula is C15H26F3IN6S. The van der Waals surface area contributed by atoms with Crippen molar-refractivity contribution in [1.82, 2.24) is 25.4 Å². The average Bonchev–Trinajstić information content (AvgIpc) is 3.02. The Bertz CT molecular complexity index is 580. The van der Waals surface area contributed by atoms with E-state index in [-0.39, 0.29) is 30.5 Å². The predicted octanol–water partition coefficient (Wildman–Crippen LogP) is 2.08. The maximum Gasteiger partial charge on any atom is 0.434 e. The Morgan fingerprint density at radius 2 is 2.08 bits per heavy atom. The lowest BCUT2D eigenvalue weighted by atomic mass is 10.2. The molecule has 1 atom stereocenters. The molecule has 2 N–H and O–H groups in total. The van der Waals surface area contributed by atoms with Crippen LogP contribution in [0, 0.1) is 0 Å². The first-order chi connectivity index (χ1) is 11.8. The van der Waals surface area contributed by atoms with Crippen LogP contribution in [0.5, 0.6) is 0 Å². The standard InChI is InChI=1S/C15H25F3N6S.HI/c1-4-19-14(20-7-11-9-23(2)5-6-24(11)3)21-8-13-22-12(10-25-13)15(16,17)18;/h10-11H,4-9H2,1-3H3,(H2,19,20,21);1H. The number of thiazole rings is 1. The quantitative estimate of drug-likeness (QED) is 0.364. The van der Waals surface area contributed by atoms with E-state index < -0.39 is 11.9 Å². The highest BCUT2D eigenvalue weighted by molar-refractivity contribution is 14.0. The number of rotatable bonds is 5. The molecule has 26 heavy (non-hydrogen) atoms. The lowest BCUT2D eigenvalue weighted by Crippen LogP contribution is -2.55. The molecule has 150 valence electrons. The summed E-state index contributed by atoms with van der Waals surface area (Å²) in [6.07, 6.45) is -4.40. The second kappa shape index (κ2) is 10.6. The van der Waals surface area contributed by atoms with Gasteiger partial charge in [-0.05, 0) is 21.0 Å². The number of likely N-dealkylation sites (N-methyl/N-ethyl adjacent to an activating group) is 2. The fourth-order valence-corrected chi connectivity index (χ4v) is 3.26. The molecule has 0 aliphatic carbocycles. The van der Waals surface area contributed by atoms with Gasteiger partial charge in [0.2, 0.25) is 0 Å². The van der Waals surface area contributed by atoms with Gasteiger partial charge >= 0.3 is 6.18 Å². The van der Waals surface area contributed by atoms with Gasteiger partial charge in [0, 0.05) is 44.1 Å². The number of nitrogens with zero attached hydrogens (tertiary/aromatic N) is 4. The van der Waals surface area contributed by atoms with E-state index in [4.69, 9.17) is 0 Å². The van der Waals surface area contributed by atoms with Crippen molar-refractivity contribution >= 4 is 41.3 Å². The van der Waals surface area contributed by atoms with Gasteiger partial charge in [0.15, 0.2) is 11.7 Å². The molecular weight excluding hydrogens is 480 g/mol. The van der Waals surface area contributed by atoms with E-state index in [2.05, 4.69) is 44.5 Å². The number of alkyl halides is 3. The summed E-state index contributed by atoms with van der Waals surface area (Å²) < 4.78 is 37.8. The highest BCUT2D eigenvalue weighted by atomic mass is 127. The number of hydrogen-bond donors (Lipinski definition) is 2. The van der Waals surface area contributed by atoms with Crippen molar-refractivity contribution in [1.29, 1.82) is 0 Å². The van der Waals surface area contributed by atoms with Crippen LogP contribution in [0.1, 0.15) is 17.6 Å². The Balaban J connectivity index is 0.00000338. The minimum Gasteiger partial charge on any atom is -0.357 e. The zero-order valence-corrected chi connectivity index (χ0v) is 18.3. The third kappa shape index (κ3) is 7.16. The van der Waals surface area contributed by atoms with E-state index in [0.717, 1.165) is 42.9 Å². The van der Waals surface area contributed by atoms with Gasteiger partial charge in [0.1, 0.15) is 5.01 Å². The molecule has 1 aliphatic rings. The van der Waals surface area contributed by atoms with Crippen molar-refractivity contribution in [2.45, 2.75) is 25.7 Å². The molecule has 0 aromatic carbocycles. The summed E-state index contributed by atoms with van der Waals surface area (Å²) >= 11 is 0.975. The second-order valence-electron chi connectivity index (χ2n) is 6.10. The summed E-state index contributed by atoms with van der Waals surface area (Å²) in [5.41, 5.74) is -0.854. The van der Waals surface area contributed by atoms with Crippen LogP contribution in [0.3, 0.4) is 0 Å². The highest BCUT2D eigenvalue weighted by Crippen LogP contribution is 2.30. The molecule has 1 aromatic rings. The summed E-state index contributed by atoms with van der Waals surface area (Å²) in [5.74, 6) is 0.591. The molecule has 2 rings (SSSR count). The minimum atomic E-state index is -4.40. The largest absolute Gasteiger partial charge is 0.434 e. The van der Waals surface area contributed by atoms with Crippen LogP contribution in [0.4, 0.5) is 13.2 Å². The lowest BCUT2D eigenvalue weighted by Gasteiger charge is -2.37. The van der Waals surface area contributed by atoms with Crippen LogP contribution >= 0.6 is 35.3 Å². The van der Waals surface area contributed by atoms with Crippen molar-refractivity contribution < 1.29 is 13.2 Å². The molecule has 1 saturated heterocycles. The molecule has 11 heteroatoms. The first kappa shape index (κ1) is 23.4. The van der Waals surface area contributed by atoms with Gasteiger partial charge in [-0.3, -0.25) is 4.90 Å². The van der Waals surface area contributed by atoms with E-state index >= 15 is 0 Å². The number of guanidine groups is 1. The zero-order chi connectivity index (χ0) is 18.4. The van der Waals surface area contributed by atoms with Crippen LogP contribution in [-0.2, 0) is 12.7 Å². The van der Waals surface area contributed by atoms with E-state index in [1.165, 1.54) is 0 Å². The Morgan fingerprint density at radius 1 is 1.35 bits per heavy atom. The summed E-state index contributed by atoms with van der Waals surface area (Å²) in [6, 6.07) is 0.360. The minimum absolute atomic E-state index is 0. The molecule has 6 nitrogen and oxygen atoms in total. The van der Waals surface area contributed by atoms with Crippen LogP contribution in [0.15, 0.2) is 10.4 Å². The van der Waals surface area contributed by atoms with Gasteiger partial charge in [-0.25, -0.2) is 9.98 Å². The van der Waals surface area contributed by atoms with Gasteiger partial charge in [-0.1, -0.05) is 0 Å². The summed E-state index contributed by atoms with van der Waals surface area (Å²) in [4.78, 5) is 12.5. The molecule has 0 amide bonds. The van der Waals surface area contributed by atoms with E-state index in [0.29, 0.717) is 23.6 Å². The monoisotopic (exact) mass is 506 g/mol. The number of piperazine rings is 1. The first-order valence-electron chi connectivity index (χ1n) is 8.22. The van der Waals surface area contributed by atoms with Crippen molar-refractivity contribution in [2.24, 2.45) is 4.99 Å². The maximum atomic E-state index is 12.6. The number of nitrogens with one attached hydrogen (secondary N) is 2. The van der Waals surface area contributed by atoms with Gasteiger partial charge in [0.25, 0.3) is 0 Å². The molecule has 1 aromatic heterocycles. The van der Waals surface area contributed by atoms with Crippen LogP contribution in [-0.4, -0.2) is 73.6 Å². The van der Waals surface area contributed by atoms with Crippen molar-refractivity contribution in [2.75, 3.05) is 46.8 Å². The Hall–Kier alpha value is -0.660. The average molecular weight is 506 g/mol. The van der Waals surface area contributed by atoms with Crippen molar-refractivity contribution in [3.05, 3.63) is 16.1 Å². The first-order valence-corrected chi connectivity index (χ1v) is 9.10. The third-order valence-electron chi connectivity index (χ3n) is 4.04. The maximum absolute atomic E-state index is 12.6. The Morgan fingerprint density at radius 3 is 2.69 bits per heavy atom. The summed E-state index contributed by atoms with van der Waals surface area (Å²) in [6.45, 7) is 6.49. The van der Waals surface area contributed by atoms with Crippen molar-refractivity contribution in [3.63, 3.8) is 0 Å². The fraction of sp³-hybridized carbons (Fsp3) is 0.733. The smallest absolute Gasteiger partial charge is 0.357 e. The molecule has 1 fully saturated rings. The molecule has 0 radical (unpaired) electrons. The molecule has 0 saturated carbocycles. The van der Waals surface area contributed by atoms with Gasteiger partial charge in [-0.15, -0.1) is 35.3 Å². The summed E-state index contributed by atoms with van der Waals surface area (Å²) in [5, 5.41) is 7.76. The SMILES string of the molecule is CCNC(=NCc1nc(C(F)(F)F)cs1)NCC1CN(C)CCN1C.I. The number of aliphatic imine (C=N–C) groups is 1.